The molecule has 0 atom stereocenters. The second kappa shape index (κ2) is 8.70. The number of rotatable bonds is 6. The van der Waals surface area contributed by atoms with E-state index in [0.717, 1.165) is 16.5 Å². The summed E-state index contributed by atoms with van der Waals surface area (Å²) in [5.74, 6) is 0.540. The van der Waals surface area contributed by atoms with Crippen molar-refractivity contribution in [3.05, 3.63) is 82.5 Å². The highest BCUT2D eigenvalue weighted by atomic mass is 35.5. The molecule has 6 heteroatoms. The van der Waals surface area contributed by atoms with E-state index in [1.807, 2.05) is 48.5 Å². The molecule has 0 fully saturated rings. The fourth-order valence-corrected chi connectivity index (χ4v) is 2.57. The molecule has 1 heterocycles. The number of hydrogen-bond donors (Lipinski definition) is 1. The Hall–Kier alpha value is -2.56. The Morgan fingerprint density at radius 1 is 1.12 bits per heavy atom. The van der Waals surface area contributed by atoms with E-state index in [-0.39, 0.29) is 17.0 Å². The highest BCUT2D eigenvalue weighted by Gasteiger charge is 2.07. The molecule has 26 heavy (non-hydrogen) atoms. The van der Waals surface area contributed by atoms with Crippen molar-refractivity contribution in [3.8, 4) is 5.75 Å². The van der Waals surface area contributed by atoms with E-state index >= 15 is 0 Å². The molecule has 0 radical (unpaired) electrons. The molecule has 1 aromatic heterocycles. The number of nitrogens with one attached hydrogen (secondary N) is 1. The minimum Gasteiger partial charge on any atom is -0.489 e. The third kappa shape index (κ3) is 4.97. The summed E-state index contributed by atoms with van der Waals surface area (Å²) in [5, 5.41) is 3.84. The van der Waals surface area contributed by atoms with Crippen molar-refractivity contribution in [1.82, 2.24) is 10.3 Å². The lowest BCUT2D eigenvalue weighted by molar-refractivity contribution is 0.0951. The zero-order valence-corrected chi connectivity index (χ0v) is 15.3. The highest BCUT2D eigenvalue weighted by molar-refractivity contribution is 6.55. The number of carbonyl (C=O) groups excluding carboxylic acids is 1. The van der Waals surface area contributed by atoms with Crippen LogP contribution in [0.1, 0.15) is 15.9 Å². The lowest BCUT2D eigenvalue weighted by atomic mass is 10.1. The molecule has 4 nitrogen and oxygen atoms in total. The van der Waals surface area contributed by atoms with Gasteiger partial charge in [-0.1, -0.05) is 41.4 Å². The fraction of sp³-hybridized carbons (Fsp3) is 0.100. The molecule has 0 unspecified atom stereocenters. The van der Waals surface area contributed by atoms with E-state index < -0.39 is 0 Å². The van der Waals surface area contributed by atoms with Crippen LogP contribution in [-0.2, 0) is 6.54 Å². The van der Waals surface area contributed by atoms with E-state index in [9.17, 15) is 4.79 Å². The Morgan fingerprint density at radius 2 is 2.00 bits per heavy atom. The largest absolute Gasteiger partial charge is 0.489 e. The van der Waals surface area contributed by atoms with Gasteiger partial charge in [-0.15, -0.1) is 0 Å². The summed E-state index contributed by atoms with van der Waals surface area (Å²) in [7, 11) is 0. The average molecular weight is 387 g/mol. The molecular formula is C20H16Cl2N2O2. The van der Waals surface area contributed by atoms with Crippen molar-refractivity contribution >= 4 is 40.0 Å². The van der Waals surface area contributed by atoms with Crippen LogP contribution in [0.3, 0.4) is 0 Å². The Morgan fingerprint density at radius 3 is 2.85 bits per heavy atom. The van der Waals surface area contributed by atoms with Crippen molar-refractivity contribution in [3.63, 3.8) is 0 Å². The standard InChI is InChI=1S/C20H16Cl2N2O2/c21-19(22)8-10-26-17-5-1-3-14(11-17)13-24-20(25)16-6-7-18-15(12-16)4-2-9-23-18/h1-9,11-12H,10,13H2,(H,24,25). The number of aromatic nitrogens is 1. The van der Waals surface area contributed by atoms with Crippen LogP contribution in [0.4, 0.5) is 0 Å². The molecule has 0 aliphatic rings. The predicted molar refractivity (Wildman–Crippen MR) is 105 cm³/mol. The van der Waals surface area contributed by atoms with Crippen LogP contribution < -0.4 is 10.1 Å². The monoisotopic (exact) mass is 386 g/mol. The van der Waals surface area contributed by atoms with Gasteiger partial charge in [-0.05, 0) is 48.0 Å². The average Bonchev–Trinajstić information content (AvgIpc) is 2.66. The van der Waals surface area contributed by atoms with E-state index in [4.69, 9.17) is 27.9 Å². The first-order valence-electron chi connectivity index (χ1n) is 7.98. The van der Waals surface area contributed by atoms with Gasteiger partial charge in [-0.3, -0.25) is 9.78 Å². The van der Waals surface area contributed by atoms with Gasteiger partial charge in [0.05, 0.1) is 5.52 Å². The SMILES string of the molecule is O=C(NCc1cccc(OCC=C(Cl)Cl)c1)c1ccc2ncccc2c1. The van der Waals surface area contributed by atoms with Crippen LogP contribution in [0, 0.1) is 0 Å². The third-order valence-electron chi connectivity index (χ3n) is 3.70. The second-order valence-corrected chi connectivity index (χ2v) is 6.55. The normalized spacial score (nSPS) is 10.4. The van der Waals surface area contributed by atoms with Crippen molar-refractivity contribution in [2.45, 2.75) is 6.54 Å². The van der Waals surface area contributed by atoms with E-state index in [1.165, 1.54) is 0 Å². The second-order valence-electron chi connectivity index (χ2n) is 5.55. The van der Waals surface area contributed by atoms with Crippen LogP contribution in [-0.4, -0.2) is 17.5 Å². The molecule has 3 aromatic rings. The maximum absolute atomic E-state index is 12.4. The summed E-state index contributed by atoms with van der Waals surface area (Å²) >= 11 is 11.1. The molecule has 0 bridgehead atoms. The van der Waals surface area contributed by atoms with Gasteiger partial charge in [0.1, 0.15) is 16.8 Å². The van der Waals surface area contributed by atoms with Gasteiger partial charge in [-0.2, -0.15) is 0 Å². The van der Waals surface area contributed by atoms with Gasteiger partial charge in [-0.25, -0.2) is 0 Å². The Kier molecular flexibility index (Phi) is 6.10. The number of amides is 1. The molecule has 0 saturated heterocycles. The van der Waals surface area contributed by atoms with Gasteiger partial charge < -0.3 is 10.1 Å². The van der Waals surface area contributed by atoms with Gasteiger partial charge >= 0.3 is 0 Å². The summed E-state index contributed by atoms with van der Waals surface area (Å²) in [6.07, 6.45) is 3.29. The number of fused-ring (bicyclic) bond motifs is 1. The van der Waals surface area contributed by atoms with Crippen molar-refractivity contribution in [2.75, 3.05) is 6.61 Å². The lowest BCUT2D eigenvalue weighted by Crippen LogP contribution is -2.22. The van der Waals surface area contributed by atoms with Crippen molar-refractivity contribution in [2.24, 2.45) is 0 Å². The Labute approximate surface area is 161 Å². The summed E-state index contributed by atoms with van der Waals surface area (Å²) < 4.78 is 5.70. The molecule has 3 rings (SSSR count). The molecule has 1 N–H and O–H groups in total. The number of ether oxygens (including phenoxy) is 1. The zero-order chi connectivity index (χ0) is 18.4. The number of pyridine rings is 1. The fourth-order valence-electron chi connectivity index (χ4n) is 2.45. The van der Waals surface area contributed by atoms with Crippen LogP contribution in [0.5, 0.6) is 5.75 Å². The first-order chi connectivity index (χ1) is 12.6. The number of hydrogen-bond acceptors (Lipinski definition) is 3. The van der Waals surface area contributed by atoms with E-state index in [1.54, 1.807) is 18.3 Å². The maximum atomic E-state index is 12.4. The minimum atomic E-state index is -0.140. The topological polar surface area (TPSA) is 51.2 Å². The molecule has 0 spiro atoms. The maximum Gasteiger partial charge on any atom is 0.251 e. The van der Waals surface area contributed by atoms with Crippen molar-refractivity contribution in [1.29, 1.82) is 0 Å². The Balaban J connectivity index is 1.62. The first kappa shape index (κ1) is 18.2. The number of benzene rings is 2. The third-order valence-corrected chi connectivity index (χ3v) is 4.01. The predicted octanol–water partition coefficient (Wildman–Crippen LogP) is 4.86. The van der Waals surface area contributed by atoms with Crippen LogP contribution in [0.25, 0.3) is 10.9 Å². The first-order valence-corrected chi connectivity index (χ1v) is 8.73. The minimum absolute atomic E-state index is 0.140. The molecule has 0 aliphatic carbocycles. The lowest BCUT2D eigenvalue weighted by Gasteiger charge is -2.08. The molecule has 0 aliphatic heterocycles. The van der Waals surface area contributed by atoms with Gasteiger partial charge in [0.15, 0.2) is 0 Å². The summed E-state index contributed by atoms with van der Waals surface area (Å²) in [4.78, 5) is 16.6. The van der Waals surface area contributed by atoms with E-state index in [0.29, 0.717) is 17.9 Å². The summed E-state index contributed by atoms with van der Waals surface area (Å²) in [6, 6.07) is 16.7. The zero-order valence-electron chi connectivity index (χ0n) is 13.8. The molecule has 2 aromatic carbocycles. The van der Waals surface area contributed by atoms with Crippen LogP contribution >= 0.6 is 23.2 Å². The highest BCUT2D eigenvalue weighted by Crippen LogP contribution is 2.16. The molecular weight excluding hydrogens is 371 g/mol. The van der Waals surface area contributed by atoms with Gasteiger partial charge in [0, 0.05) is 23.7 Å². The van der Waals surface area contributed by atoms with E-state index in [2.05, 4.69) is 10.3 Å². The summed E-state index contributed by atoms with van der Waals surface area (Å²) in [6.45, 7) is 0.677. The summed E-state index contributed by atoms with van der Waals surface area (Å²) in [5.41, 5.74) is 2.39. The van der Waals surface area contributed by atoms with Gasteiger partial charge in [0.25, 0.3) is 5.91 Å². The number of halogens is 2. The quantitative estimate of drug-likeness (QED) is 0.657. The number of carbonyl (C=O) groups is 1. The molecule has 1 amide bonds. The molecule has 0 saturated carbocycles. The van der Waals surface area contributed by atoms with Gasteiger partial charge in [0.2, 0.25) is 0 Å². The smallest absolute Gasteiger partial charge is 0.251 e. The van der Waals surface area contributed by atoms with Crippen LogP contribution in [0.15, 0.2) is 71.4 Å². The van der Waals surface area contributed by atoms with Crippen LogP contribution in [0.2, 0.25) is 0 Å². The molecule has 132 valence electrons. The Bertz CT molecular complexity index is 953. The van der Waals surface area contributed by atoms with Crippen molar-refractivity contribution < 1.29 is 9.53 Å². The number of nitrogens with zero attached hydrogens (tertiary/aromatic N) is 1.